The summed E-state index contributed by atoms with van der Waals surface area (Å²) in [5.41, 5.74) is 0.462. The minimum absolute atomic E-state index is 0.101. The molecule has 10 heteroatoms. The number of non-ortho nitro benzene ring substituents is 1. The van der Waals surface area contributed by atoms with E-state index in [0.29, 0.717) is 14.6 Å². The van der Waals surface area contributed by atoms with Gasteiger partial charge in [-0.15, -0.1) is 0 Å². The van der Waals surface area contributed by atoms with Crippen molar-refractivity contribution in [2.45, 2.75) is 0 Å². The van der Waals surface area contributed by atoms with Gasteiger partial charge in [0.15, 0.2) is 5.11 Å². The average molecular weight is 479 g/mol. The van der Waals surface area contributed by atoms with Gasteiger partial charge in [-0.3, -0.25) is 10.1 Å². The van der Waals surface area contributed by atoms with Crippen LogP contribution in [0.15, 0.2) is 39.3 Å². The molecule has 2 aromatic rings. The van der Waals surface area contributed by atoms with Gasteiger partial charge in [0, 0.05) is 15.0 Å². The van der Waals surface area contributed by atoms with Crippen molar-refractivity contribution < 1.29 is 14.1 Å². The lowest BCUT2D eigenvalue weighted by Crippen LogP contribution is -2.20. The van der Waals surface area contributed by atoms with E-state index in [1.54, 1.807) is 6.07 Å². The molecule has 0 spiro atoms. The van der Waals surface area contributed by atoms with Crippen molar-refractivity contribution in [3.8, 4) is 5.75 Å². The Bertz CT molecular complexity index is 797. The van der Waals surface area contributed by atoms with Gasteiger partial charge in [-0.05, 0) is 46.3 Å². The lowest BCUT2D eigenvalue weighted by atomic mass is 10.2. The van der Waals surface area contributed by atoms with Gasteiger partial charge in [0.1, 0.15) is 11.6 Å². The molecule has 0 saturated carbocycles. The molecule has 0 unspecified atom stereocenters. The van der Waals surface area contributed by atoms with Crippen LogP contribution in [-0.4, -0.2) is 17.1 Å². The highest BCUT2D eigenvalue weighted by molar-refractivity contribution is 9.11. The Morgan fingerprint density at radius 2 is 2.00 bits per heavy atom. The van der Waals surface area contributed by atoms with Crippen molar-refractivity contribution >= 4 is 66.3 Å². The third-order valence-electron chi connectivity index (χ3n) is 2.89. The molecule has 0 heterocycles. The van der Waals surface area contributed by atoms with Crippen molar-refractivity contribution in [2.24, 2.45) is 0 Å². The zero-order valence-electron chi connectivity index (χ0n) is 12.1. The Balaban J connectivity index is 2.20. The molecule has 0 saturated heterocycles. The van der Waals surface area contributed by atoms with E-state index in [-0.39, 0.29) is 22.2 Å². The number of nitrogens with zero attached hydrogens (tertiary/aromatic N) is 1. The standard InChI is InChI=1S/C14H10Br2FN3O3S/c1-23-12-6-8(20(21)22)2-3-11(12)18-14(24)19-13-9(16)4-7(15)5-10(13)17/h2-6H,1H3,(H2,18,19,24). The summed E-state index contributed by atoms with van der Waals surface area (Å²) in [6.07, 6.45) is 0. The second-order valence-corrected chi connectivity index (χ2v) is 6.64. The van der Waals surface area contributed by atoms with Gasteiger partial charge in [-0.2, -0.15) is 0 Å². The Labute approximate surface area is 158 Å². The summed E-state index contributed by atoms with van der Waals surface area (Å²) >= 11 is 11.6. The lowest BCUT2D eigenvalue weighted by Gasteiger charge is -2.15. The maximum Gasteiger partial charge on any atom is 0.273 e. The van der Waals surface area contributed by atoms with E-state index < -0.39 is 10.7 Å². The van der Waals surface area contributed by atoms with Gasteiger partial charge in [-0.1, -0.05) is 15.9 Å². The predicted octanol–water partition coefficient (Wildman–Crippen LogP) is 5.08. The topological polar surface area (TPSA) is 76.4 Å². The second kappa shape index (κ2) is 7.86. The minimum Gasteiger partial charge on any atom is -0.494 e. The Hall–Kier alpha value is -1.78. The first-order valence-electron chi connectivity index (χ1n) is 6.36. The lowest BCUT2D eigenvalue weighted by molar-refractivity contribution is -0.384. The number of benzene rings is 2. The summed E-state index contributed by atoms with van der Waals surface area (Å²) in [6.45, 7) is 0. The number of halogens is 3. The van der Waals surface area contributed by atoms with Crippen LogP contribution in [-0.2, 0) is 0 Å². The van der Waals surface area contributed by atoms with Crippen LogP contribution in [0.25, 0.3) is 0 Å². The molecule has 0 amide bonds. The van der Waals surface area contributed by atoms with Crippen LogP contribution in [0.3, 0.4) is 0 Å². The number of ether oxygens (including phenoxy) is 1. The Morgan fingerprint density at radius 1 is 1.29 bits per heavy atom. The summed E-state index contributed by atoms with van der Waals surface area (Å²) in [4.78, 5) is 10.3. The SMILES string of the molecule is COc1cc([N+](=O)[O-])ccc1NC(=S)Nc1c(F)cc(Br)cc1Br. The van der Waals surface area contributed by atoms with Crippen molar-refractivity contribution in [3.05, 3.63) is 55.2 Å². The van der Waals surface area contributed by atoms with E-state index in [4.69, 9.17) is 17.0 Å². The number of nitro groups is 1. The first kappa shape index (κ1) is 18.6. The number of nitrogens with one attached hydrogen (secondary N) is 2. The molecule has 0 aliphatic rings. The molecular weight excluding hydrogens is 469 g/mol. The first-order chi connectivity index (χ1) is 11.3. The molecule has 0 aromatic heterocycles. The van der Waals surface area contributed by atoms with E-state index in [0.717, 1.165) is 0 Å². The summed E-state index contributed by atoms with van der Waals surface area (Å²) < 4.78 is 20.2. The third kappa shape index (κ3) is 4.40. The maximum atomic E-state index is 14.0. The summed E-state index contributed by atoms with van der Waals surface area (Å²) in [5.74, 6) is -0.264. The highest BCUT2D eigenvalue weighted by Crippen LogP contribution is 2.31. The van der Waals surface area contributed by atoms with Crippen LogP contribution in [0.5, 0.6) is 5.75 Å². The molecule has 2 N–H and O–H groups in total. The molecule has 0 bridgehead atoms. The van der Waals surface area contributed by atoms with Crippen molar-refractivity contribution in [1.29, 1.82) is 0 Å². The number of methoxy groups -OCH3 is 1. The van der Waals surface area contributed by atoms with Gasteiger partial charge < -0.3 is 15.4 Å². The molecule has 2 aromatic carbocycles. The minimum atomic E-state index is -0.531. The van der Waals surface area contributed by atoms with Crippen LogP contribution in [0, 0.1) is 15.9 Å². The second-order valence-electron chi connectivity index (χ2n) is 4.47. The normalized spacial score (nSPS) is 10.2. The Kier molecular flexibility index (Phi) is 6.08. The van der Waals surface area contributed by atoms with Gasteiger partial charge in [0.05, 0.1) is 29.5 Å². The molecule has 2 rings (SSSR count). The molecule has 6 nitrogen and oxygen atoms in total. The number of thiocarbonyl (C=S) groups is 1. The van der Waals surface area contributed by atoms with Crippen LogP contribution < -0.4 is 15.4 Å². The van der Waals surface area contributed by atoms with Crippen LogP contribution >= 0.6 is 44.1 Å². The third-order valence-corrected chi connectivity index (χ3v) is 4.18. The van der Waals surface area contributed by atoms with Crippen LogP contribution in [0.4, 0.5) is 21.5 Å². The molecule has 24 heavy (non-hydrogen) atoms. The fourth-order valence-corrected chi connectivity index (χ4v) is 3.31. The number of anilines is 2. The van der Waals surface area contributed by atoms with Crippen molar-refractivity contribution in [1.82, 2.24) is 0 Å². The zero-order chi connectivity index (χ0) is 17.9. The fourth-order valence-electron chi connectivity index (χ4n) is 1.83. The maximum absolute atomic E-state index is 14.0. The molecule has 0 atom stereocenters. The number of rotatable bonds is 4. The van der Waals surface area contributed by atoms with E-state index in [2.05, 4.69) is 42.5 Å². The molecule has 0 aliphatic carbocycles. The highest BCUT2D eigenvalue weighted by atomic mass is 79.9. The average Bonchev–Trinajstić information content (AvgIpc) is 2.51. The summed E-state index contributed by atoms with van der Waals surface area (Å²) in [7, 11) is 1.38. The van der Waals surface area contributed by atoms with E-state index in [1.165, 1.54) is 31.4 Å². The van der Waals surface area contributed by atoms with Crippen molar-refractivity contribution in [2.75, 3.05) is 17.7 Å². The highest BCUT2D eigenvalue weighted by Gasteiger charge is 2.14. The first-order valence-corrected chi connectivity index (χ1v) is 8.36. The molecule has 0 fully saturated rings. The summed E-state index contributed by atoms with van der Waals surface area (Å²) in [5, 5.41) is 16.4. The number of hydrogen-bond donors (Lipinski definition) is 2. The zero-order valence-corrected chi connectivity index (χ0v) is 16.1. The monoisotopic (exact) mass is 477 g/mol. The van der Waals surface area contributed by atoms with Gasteiger partial charge in [-0.25, -0.2) is 4.39 Å². The quantitative estimate of drug-likeness (QED) is 0.362. The van der Waals surface area contributed by atoms with E-state index in [1.807, 2.05) is 0 Å². The smallest absolute Gasteiger partial charge is 0.273 e. The number of nitro benzene ring substituents is 1. The molecule has 0 radical (unpaired) electrons. The van der Waals surface area contributed by atoms with Crippen LogP contribution in [0.2, 0.25) is 0 Å². The van der Waals surface area contributed by atoms with Crippen molar-refractivity contribution in [3.63, 3.8) is 0 Å². The van der Waals surface area contributed by atoms with Gasteiger partial charge in [0.25, 0.3) is 5.69 Å². The van der Waals surface area contributed by atoms with E-state index >= 15 is 0 Å². The fraction of sp³-hybridized carbons (Fsp3) is 0.0714. The largest absolute Gasteiger partial charge is 0.494 e. The molecule has 0 aliphatic heterocycles. The van der Waals surface area contributed by atoms with Gasteiger partial charge >= 0.3 is 0 Å². The number of hydrogen-bond acceptors (Lipinski definition) is 4. The predicted molar refractivity (Wildman–Crippen MR) is 101 cm³/mol. The van der Waals surface area contributed by atoms with Gasteiger partial charge in [0.2, 0.25) is 0 Å². The Morgan fingerprint density at radius 3 is 2.58 bits per heavy atom. The van der Waals surface area contributed by atoms with E-state index in [9.17, 15) is 14.5 Å². The van der Waals surface area contributed by atoms with Crippen LogP contribution in [0.1, 0.15) is 0 Å². The molecular formula is C14H10Br2FN3O3S. The summed E-state index contributed by atoms with van der Waals surface area (Å²) in [6, 6.07) is 6.99. The molecule has 126 valence electrons.